The molecule has 0 radical (unpaired) electrons. The minimum absolute atomic E-state index is 0.128. The van der Waals surface area contributed by atoms with Crippen molar-refractivity contribution in [3.05, 3.63) is 58.9 Å². The predicted octanol–water partition coefficient (Wildman–Crippen LogP) is 3.00. The van der Waals surface area contributed by atoms with Crippen molar-refractivity contribution in [1.29, 1.82) is 0 Å². The molecule has 6 nitrogen and oxygen atoms in total. The quantitative estimate of drug-likeness (QED) is 0.744. The predicted molar refractivity (Wildman–Crippen MR) is 105 cm³/mol. The second-order valence-corrected chi connectivity index (χ2v) is 8.47. The minimum Gasteiger partial charge on any atom is -0.772 e. The van der Waals surface area contributed by atoms with Crippen LogP contribution in [0.4, 0.5) is 5.69 Å². The van der Waals surface area contributed by atoms with Gasteiger partial charge in [-0.05, 0) is 46.7 Å². The number of hydrogen-bond acceptors (Lipinski definition) is 5. The van der Waals surface area contributed by atoms with Gasteiger partial charge in [0.2, 0.25) is 5.91 Å². The van der Waals surface area contributed by atoms with Gasteiger partial charge in [-0.1, -0.05) is 38.1 Å². The second kappa shape index (κ2) is 8.29. The summed E-state index contributed by atoms with van der Waals surface area (Å²) in [5, 5.41) is 5.78. The van der Waals surface area contributed by atoms with Crippen molar-refractivity contribution in [2.75, 3.05) is 5.32 Å². The maximum absolute atomic E-state index is 12.3. The van der Waals surface area contributed by atoms with Crippen LogP contribution >= 0.6 is 0 Å². The van der Waals surface area contributed by atoms with Crippen molar-refractivity contribution in [2.24, 2.45) is 5.92 Å². The molecule has 0 spiro atoms. The standard InChI is InChI=1S/C20H25N3O3S/c1-12(2)19-20-16(10-21-19)9-17(11-22-20)23-18(24)8-14-4-6-15(7-5-14)13(3)27(25)26/h4-7,9,11-13,19,21H,8,10H2,1-3H3,(H,23,24)(H,25,26)/p-1/t13-,19-/m0/s1. The summed E-state index contributed by atoms with van der Waals surface area (Å²) in [5.74, 6) is 0.334. The summed E-state index contributed by atoms with van der Waals surface area (Å²) in [4.78, 5) is 16.9. The molecule has 144 valence electrons. The van der Waals surface area contributed by atoms with E-state index in [0.717, 1.165) is 23.4 Å². The third-order valence-electron chi connectivity index (χ3n) is 4.86. The van der Waals surface area contributed by atoms with Crippen LogP contribution in [0.2, 0.25) is 0 Å². The van der Waals surface area contributed by atoms with Crippen LogP contribution in [-0.2, 0) is 28.8 Å². The first-order chi connectivity index (χ1) is 12.8. The number of rotatable bonds is 6. The summed E-state index contributed by atoms with van der Waals surface area (Å²) in [6, 6.07) is 9.31. The Morgan fingerprint density at radius 1 is 1.33 bits per heavy atom. The number of nitrogens with zero attached hydrogens (tertiary/aromatic N) is 1. The highest BCUT2D eigenvalue weighted by Gasteiger charge is 2.26. The summed E-state index contributed by atoms with van der Waals surface area (Å²) >= 11 is -2.15. The molecule has 1 unspecified atom stereocenters. The van der Waals surface area contributed by atoms with Crippen LogP contribution in [0.1, 0.15) is 54.4 Å². The van der Waals surface area contributed by atoms with E-state index in [-0.39, 0.29) is 18.4 Å². The van der Waals surface area contributed by atoms with Crippen molar-refractivity contribution >= 4 is 22.7 Å². The van der Waals surface area contributed by atoms with Gasteiger partial charge in [0, 0.05) is 11.8 Å². The average Bonchev–Trinajstić information content (AvgIpc) is 3.05. The SMILES string of the molecule is CC(C)[C@@H]1NCc2cc(NC(=O)Cc3ccc([C@H](C)S(=O)[O-])cc3)cnc21. The number of benzene rings is 1. The van der Waals surface area contributed by atoms with E-state index in [1.165, 1.54) is 0 Å². The molecular formula is C20H24N3O3S-. The van der Waals surface area contributed by atoms with E-state index < -0.39 is 16.3 Å². The van der Waals surface area contributed by atoms with Gasteiger partial charge >= 0.3 is 0 Å². The summed E-state index contributed by atoms with van der Waals surface area (Å²) in [5.41, 5.74) is 4.41. The van der Waals surface area contributed by atoms with Crippen LogP contribution in [0, 0.1) is 5.92 Å². The van der Waals surface area contributed by atoms with Gasteiger partial charge in [-0.3, -0.25) is 14.0 Å². The van der Waals surface area contributed by atoms with Crippen LogP contribution in [0.5, 0.6) is 0 Å². The Morgan fingerprint density at radius 2 is 2.04 bits per heavy atom. The zero-order valence-corrected chi connectivity index (χ0v) is 16.5. The first-order valence-electron chi connectivity index (χ1n) is 9.04. The molecule has 1 aromatic heterocycles. The molecule has 1 aliphatic heterocycles. The van der Waals surface area contributed by atoms with E-state index >= 15 is 0 Å². The van der Waals surface area contributed by atoms with Gasteiger partial charge in [0.1, 0.15) is 0 Å². The number of fused-ring (bicyclic) bond motifs is 1. The Labute approximate surface area is 162 Å². The van der Waals surface area contributed by atoms with E-state index in [2.05, 4.69) is 29.5 Å². The normalized spacial score (nSPS) is 18.2. The molecule has 2 heterocycles. The van der Waals surface area contributed by atoms with Crippen molar-refractivity contribution in [3.63, 3.8) is 0 Å². The average molecular weight is 386 g/mol. The molecule has 7 heteroatoms. The zero-order chi connectivity index (χ0) is 19.6. The fraction of sp³-hybridized carbons (Fsp3) is 0.400. The third kappa shape index (κ3) is 4.61. The molecule has 0 fully saturated rings. The Morgan fingerprint density at radius 3 is 2.67 bits per heavy atom. The monoisotopic (exact) mass is 386 g/mol. The number of amides is 1. The largest absolute Gasteiger partial charge is 0.772 e. The molecule has 2 aromatic rings. The van der Waals surface area contributed by atoms with Crippen LogP contribution in [0.25, 0.3) is 0 Å². The molecule has 3 atom stereocenters. The number of carbonyl (C=O) groups excluding carboxylic acids is 1. The Kier molecular flexibility index (Phi) is 6.04. The maximum Gasteiger partial charge on any atom is 0.228 e. The highest BCUT2D eigenvalue weighted by atomic mass is 32.2. The molecule has 1 aromatic carbocycles. The highest BCUT2D eigenvalue weighted by molar-refractivity contribution is 7.79. The number of nitrogens with one attached hydrogen (secondary N) is 2. The summed E-state index contributed by atoms with van der Waals surface area (Å²) in [6.07, 6.45) is 1.92. The first-order valence-corrected chi connectivity index (χ1v) is 10.2. The van der Waals surface area contributed by atoms with Gasteiger partial charge in [-0.2, -0.15) is 0 Å². The number of carbonyl (C=O) groups is 1. The lowest BCUT2D eigenvalue weighted by Gasteiger charge is -2.15. The van der Waals surface area contributed by atoms with E-state index in [1.54, 1.807) is 37.4 Å². The smallest absolute Gasteiger partial charge is 0.228 e. The number of pyridine rings is 1. The molecule has 3 rings (SSSR count). The third-order valence-corrected chi connectivity index (χ3v) is 5.71. The van der Waals surface area contributed by atoms with Crippen molar-refractivity contribution in [2.45, 2.75) is 45.0 Å². The van der Waals surface area contributed by atoms with Crippen LogP contribution in [0.3, 0.4) is 0 Å². The van der Waals surface area contributed by atoms with Crippen LogP contribution in [-0.4, -0.2) is 19.7 Å². The minimum atomic E-state index is -2.15. The summed E-state index contributed by atoms with van der Waals surface area (Å²) < 4.78 is 22.1. The molecule has 0 aliphatic carbocycles. The molecule has 1 aliphatic rings. The second-order valence-electron chi connectivity index (χ2n) is 7.24. The number of hydrogen-bond donors (Lipinski definition) is 2. The van der Waals surface area contributed by atoms with Gasteiger partial charge in [0.25, 0.3) is 0 Å². The van der Waals surface area contributed by atoms with Crippen LogP contribution in [0.15, 0.2) is 36.5 Å². The van der Waals surface area contributed by atoms with E-state index in [9.17, 15) is 13.6 Å². The van der Waals surface area contributed by atoms with Crippen molar-refractivity contribution in [1.82, 2.24) is 10.3 Å². The molecule has 2 N–H and O–H groups in total. The van der Waals surface area contributed by atoms with Crippen molar-refractivity contribution in [3.8, 4) is 0 Å². The fourth-order valence-electron chi connectivity index (χ4n) is 3.29. The van der Waals surface area contributed by atoms with Crippen LogP contribution < -0.4 is 10.6 Å². The van der Waals surface area contributed by atoms with E-state index in [4.69, 9.17) is 0 Å². The Bertz CT molecular complexity index is 852. The van der Waals surface area contributed by atoms with E-state index in [1.807, 2.05) is 6.07 Å². The lowest BCUT2D eigenvalue weighted by atomic mass is 10.0. The highest BCUT2D eigenvalue weighted by Crippen LogP contribution is 2.30. The van der Waals surface area contributed by atoms with Gasteiger partial charge in [-0.25, -0.2) is 0 Å². The summed E-state index contributed by atoms with van der Waals surface area (Å²) in [7, 11) is 0. The molecule has 27 heavy (non-hydrogen) atoms. The van der Waals surface area contributed by atoms with Gasteiger partial charge in [0.05, 0.1) is 30.0 Å². The molecule has 1 amide bonds. The maximum atomic E-state index is 12.3. The Hall–Kier alpha value is -2.09. The van der Waals surface area contributed by atoms with Gasteiger partial charge in [0.15, 0.2) is 0 Å². The lowest BCUT2D eigenvalue weighted by molar-refractivity contribution is -0.115. The number of anilines is 1. The number of aromatic nitrogens is 1. The van der Waals surface area contributed by atoms with Crippen molar-refractivity contribution < 1.29 is 13.6 Å². The molecular weight excluding hydrogens is 362 g/mol. The van der Waals surface area contributed by atoms with E-state index in [0.29, 0.717) is 17.2 Å². The Balaban J connectivity index is 1.62. The fourth-order valence-corrected chi connectivity index (χ4v) is 3.67. The van der Waals surface area contributed by atoms with Gasteiger partial charge in [-0.15, -0.1) is 0 Å². The topological polar surface area (TPSA) is 94.1 Å². The zero-order valence-electron chi connectivity index (χ0n) is 15.7. The first kappa shape index (κ1) is 19.7. The lowest BCUT2D eigenvalue weighted by Crippen LogP contribution is -2.18. The molecule has 0 saturated heterocycles. The molecule has 0 saturated carbocycles. The summed E-state index contributed by atoms with van der Waals surface area (Å²) in [6.45, 7) is 6.70. The molecule has 0 bridgehead atoms. The van der Waals surface area contributed by atoms with Gasteiger partial charge < -0.3 is 15.2 Å².